The number of carbonyl (C=O) groups excluding carboxylic acids is 1. The normalized spacial score (nSPS) is 23.3. The molecule has 0 N–H and O–H groups in total. The molecule has 120 valence electrons. The Morgan fingerprint density at radius 3 is 2.96 bits per heavy atom. The van der Waals surface area contributed by atoms with Crippen LogP contribution in [0.4, 0.5) is 9.52 Å². The van der Waals surface area contributed by atoms with Crippen molar-refractivity contribution in [3.05, 3.63) is 41.2 Å². The molecular weight excluding hydrogens is 315 g/mol. The number of nitrogens with zero attached hydrogens (tertiary/aromatic N) is 4. The fraction of sp³-hybridized carbons (Fsp3) is 0.438. The first-order valence-electron chi connectivity index (χ1n) is 7.79. The number of hydrogen-bond donors (Lipinski definition) is 0. The van der Waals surface area contributed by atoms with E-state index in [1.807, 2.05) is 4.90 Å². The van der Waals surface area contributed by atoms with Crippen LogP contribution < -0.4 is 4.90 Å². The summed E-state index contributed by atoms with van der Waals surface area (Å²) in [4.78, 5) is 16.9. The molecule has 0 aliphatic carbocycles. The number of amides is 1. The van der Waals surface area contributed by atoms with Crippen molar-refractivity contribution in [1.29, 1.82) is 0 Å². The lowest BCUT2D eigenvalue weighted by Gasteiger charge is -2.25. The van der Waals surface area contributed by atoms with E-state index in [4.69, 9.17) is 0 Å². The molecule has 0 saturated carbocycles. The summed E-state index contributed by atoms with van der Waals surface area (Å²) in [5.74, 6) is -0.208. The number of carbonyl (C=O) groups is 1. The molecule has 1 amide bonds. The molecule has 0 radical (unpaired) electrons. The van der Waals surface area contributed by atoms with Crippen LogP contribution in [0.25, 0.3) is 0 Å². The highest BCUT2D eigenvalue weighted by Gasteiger charge is 2.45. The predicted molar refractivity (Wildman–Crippen MR) is 85.9 cm³/mol. The predicted octanol–water partition coefficient (Wildman–Crippen LogP) is 2.10. The van der Waals surface area contributed by atoms with Crippen molar-refractivity contribution >= 4 is 22.4 Å². The molecule has 2 fully saturated rings. The standard InChI is InChI=1S/C16H17FN4OS/c17-12-3-1-2-11(8-12)9-15(22)20-6-4-14-13(20)5-7-21(14)16-19-18-10-23-16/h1-3,8,10,13-14H,4-7,9H2/t13-,14+/m0/s1. The fourth-order valence-electron chi connectivity index (χ4n) is 3.75. The fourth-order valence-corrected chi connectivity index (χ4v) is 4.39. The topological polar surface area (TPSA) is 49.3 Å². The van der Waals surface area contributed by atoms with Gasteiger partial charge in [-0.2, -0.15) is 0 Å². The Morgan fingerprint density at radius 1 is 1.30 bits per heavy atom. The maximum Gasteiger partial charge on any atom is 0.227 e. The van der Waals surface area contributed by atoms with E-state index in [9.17, 15) is 9.18 Å². The zero-order valence-electron chi connectivity index (χ0n) is 12.6. The first-order valence-corrected chi connectivity index (χ1v) is 8.67. The van der Waals surface area contributed by atoms with E-state index in [0.29, 0.717) is 6.04 Å². The van der Waals surface area contributed by atoms with E-state index in [2.05, 4.69) is 15.1 Å². The summed E-state index contributed by atoms with van der Waals surface area (Å²) in [6.45, 7) is 1.67. The van der Waals surface area contributed by atoms with Gasteiger partial charge < -0.3 is 9.80 Å². The minimum Gasteiger partial charge on any atom is -0.341 e. The van der Waals surface area contributed by atoms with E-state index in [0.717, 1.165) is 36.6 Å². The summed E-state index contributed by atoms with van der Waals surface area (Å²) in [6.07, 6.45) is 2.18. The maximum atomic E-state index is 13.3. The van der Waals surface area contributed by atoms with Crippen LogP contribution in [-0.2, 0) is 11.2 Å². The number of fused-ring (bicyclic) bond motifs is 1. The number of aromatic nitrogens is 2. The summed E-state index contributed by atoms with van der Waals surface area (Å²) in [5.41, 5.74) is 2.47. The second-order valence-electron chi connectivity index (χ2n) is 6.02. The molecule has 0 unspecified atom stereocenters. The van der Waals surface area contributed by atoms with Crippen LogP contribution in [0.1, 0.15) is 18.4 Å². The molecule has 1 aromatic carbocycles. The SMILES string of the molecule is O=C(Cc1cccc(F)c1)N1CC[C@@H]2[C@@H]1CCN2c1nncs1. The summed E-state index contributed by atoms with van der Waals surface area (Å²) in [6, 6.07) is 6.86. The Morgan fingerprint density at radius 2 is 2.17 bits per heavy atom. The summed E-state index contributed by atoms with van der Waals surface area (Å²) in [7, 11) is 0. The van der Waals surface area contributed by atoms with Crippen molar-refractivity contribution in [3.8, 4) is 0 Å². The first-order chi connectivity index (χ1) is 11.2. The van der Waals surface area contributed by atoms with Gasteiger partial charge in [-0.1, -0.05) is 23.5 Å². The molecule has 0 spiro atoms. The number of hydrogen-bond acceptors (Lipinski definition) is 5. The number of anilines is 1. The van der Waals surface area contributed by atoms with E-state index < -0.39 is 0 Å². The van der Waals surface area contributed by atoms with E-state index >= 15 is 0 Å². The Kier molecular flexibility index (Phi) is 3.72. The minimum atomic E-state index is -0.294. The maximum absolute atomic E-state index is 13.3. The highest BCUT2D eigenvalue weighted by molar-refractivity contribution is 7.13. The van der Waals surface area contributed by atoms with Gasteiger partial charge in [0.05, 0.1) is 18.5 Å². The van der Waals surface area contributed by atoms with Crippen LogP contribution in [0.3, 0.4) is 0 Å². The average Bonchev–Trinajstić information content (AvgIpc) is 3.24. The lowest BCUT2D eigenvalue weighted by Crippen LogP contribution is -2.40. The van der Waals surface area contributed by atoms with Gasteiger partial charge in [0.15, 0.2) is 0 Å². The molecule has 4 rings (SSSR count). The summed E-state index contributed by atoms with van der Waals surface area (Å²) in [5, 5.41) is 9.01. The van der Waals surface area contributed by atoms with Crippen LogP contribution in [0.2, 0.25) is 0 Å². The molecular formula is C16H17FN4OS. The molecule has 5 nitrogen and oxygen atoms in total. The Bertz CT molecular complexity index is 708. The Labute approximate surface area is 137 Å². The van der Waals surface area contributed by atoms with Gasteiger partial charge in [-0.25, -0.2) is 4.39 Å². The lowest BCUT2D eigenvalue weighted by atomic mass is 10.1. The van der Waals surface area contributed by atoms with Crippen LogP contribution in [0.15, 0.2) is 29.8 Å². The zero-order chi connectivity index (χ0) is 15.8. The minimum absolute atomic E-state index is 0.0854. The largest absolute Gasteiger partial charge is 0.341 e. The second-order valence-corrected chi connectivity index (χ2v) is 6.83. The molecule has 2 atom stereocenters. The van der Waals surface area contributed by atoms with Crippen molar-refractivity contribution in [3.63, 3.8) is 0 Å². The quantitative estimate of drug-likeness (QED) is 0.864. The molecule has 2 aliphatic heterocycles. The highest BCUT2D eigenvalue weighted by Crippen LogP contribution is 2.35. The van der Waals surface area contributed by atoms with Crippen LogP contribution in [0.5, 0.6) is 0 Å². The van der Waals surface area contributed by atoms with Crippen molar-refractivity contribution in [2.75, 3.05) is 18.0 Å². The van der Waals surface area contributed by atoms with Gasteiger partial charge in [0.2, 0.25) is 11.0 Å². The van der Waals surface area contributed by atoms with Gasteiger partial charge in [-0.05, 0) is 30.5 Å². The molecule has 3 heterocycles. The molecule has 1 aromatic heterocycles. The number of rotatable bonds is 3. The third-order valence-corrected chi connectivity index (χ3v) is 5.46. The van der Waals surface area contributed by atoms with Gasteiger partial charge in [0.25, 0.3) is 0 Å². The third kappa shape index (κ3) is 2.69. The van der Waals surface area contributed by atoms with Gasteiger partial charge in [0, 0.05) is 13.1 Å². The summed E-state index contributed by atoms with van der Waals surface area (Å²) < 4.78 is 13.3. The average molecular weight is 332 g/mol. The van der Waals surface area contributed by atoms with Crippen LogP contribution in [0, 0.1) is 5.82 Å². The summed E-state index contributed by atoms with van der Waals surface area (Å²) >= 11 is 1.54. The molecule has 2 aliphatic rings. The highest BCUT2D eigenvalue weighted by atomic mass is 32.1. The molecule has 0 bridgehead atoms. The Hall–Kier alpha value is -2.02. The van der Waals surface area contributed by atoms with Crippen LogP contribution >= 0.6 is 11.3 Å². The number of halogens is 1. The smallest absolute Gasteiger partial charge is 0.227 e. The van der Waals surface area contributed by atoms with E-state index in [1.165, 1.54) is 12.1 Å². The molecule has 7 heteroatoms. The first kappa shape index (κ1) is 14.6. The van der Waals surface area contributed by atoms with E-state index in [1.54, 1.807) is 29.0 Å². The van der Waals surface area contributed by atoms with Crippen molar-refractivity contribution < 1.29 is 9.18 Å². The van der Waals surface area contributed by atoms with Crippen molar-refractivity contribution in [2.24, 2.45) is 0 Å². The molecule has 2 aromatic rings. The molecule has 23 heavy (non-hydrogen) atoms. The second kappa shape index (κ2) is 5.88. The Balaban J connectivity index is 1.46. The van der Waals surface area contributed by atoms with Gasteiger partial charge in [-0.15, -0.1) is 10.2 Å². The zero-order valence-corrected chi connectivity index (χ0v) is 13.4. The molecule has 2 saturated heterocycles. The monoisotopic (exact) mass is 332 g/mol. The lowest BCUT2D eigenvalue weighted by molar-refractivity contribution is -0.131. The van der Waals surface area contributed by atoms with E-state index in [-0.39, 0.29) is 24.2 Å². The van der Waals surface area contributed by atoms with Gasteiger partial charge >= 0.3 is 0 Å². The van der Waals surface area contributed by atoms with Crippen LogP contribution in [-0.4, -0.2) is 46.2 Å². The van der Waals surface area contributed by atoms with Crippen molar-refractivity contribution in [1.82, 2.24) is 15.1 Å². The van der Waals surface area contributed by atoms with Gasteiger partial charge in [-0.3, -0.25) is 4.79 Å². The number of benzene rings is 1. The van der Waals surface area contributed by atoms with Crippen molar-refractivity contribution in [2.45, 2.75) is 31.3 Å². The number of likely N-dealkylation sites (tertiary alicyclic amines) is 1. The third-order valence-electron chi connectivity index (χ3n) is 4.74. The van der Waals surface area contributed by atoms with Gasteiger partial charge in [0.1, 0.15) is 11.3 Å².